The molecule has 0 saturated carbocycles. The van der Waals surface area contributed by atoms with E-state index in [2.05, 4.69) is 4.99 Å². The van der Waals surface area contributed by atoms with Crippen LogP contribution in [0.1, 0.15) is 11.1 Å². The summed E-state index contributed by atoms with van der Waals surface area (Å²) in [5.74, 6) is 1.35. The number of benzene rings is 2. The number of sulfone groups is 1. The lowest BCUT2D eigenvalue weighted by Crippen LogP contribution is -2.22. The number of aliphatic imine (C=N–C) groups is 1. The van der Waals surface area contributed by atoms with Gasteiger partial charge in [-0.2, -0.15) is 0 Å². The van der Waals surface area contributed by atoms with Gasteiger partial charge in [-0.15, -0.1) is 0 Å². The van der Waals surface area contributed by atoms with Gasteiger partial charge in [0.05, 0.1) is 39.8 Å². The van der Waals surface area contributed by atoms with Crippen molar-refractivity contribution in [2.75, 3.05) is 28.4 Å². The third-order valence-electron chi connectivity index (χ3n) is 4.06. The third-order valence-corrected chi connectivity index (χ3v) is 5.34. The monoisotopic (exact) mass is 435 g/mol. The molecule has 30 heavy (non-hydrogen) atoms. The Hall–Kier alpha value is -3.40. The Balaban J connectivity index is 2.36. The molecule has 9 nitrogen and oxygen atoms in total. The van der Waals surface area contributed by atoms with Crippen molar-refractivity contribution in [1.29, 1.82) is 0 Å². The summed E-state index contributed by atoms with van der Waals surface area (Å²) in [4.78, 5) is 3.97. The molecule has 4 N–H and O–H groups in total. The summed E-state index contributed by atoms with van der Waals surface area (Å²) >= 11 is 0. The van der Waals surface area contributed by atoms with E-state index in [1.807, 2.05) is 0 Å². The second kappa shape index (κ2) is 9.88. The fourth-order valence-corrected chi connectivity index (χ4v) is 3.78. The summed E-state index contributed by atoms with van der Waals surface area (Å²) in [6.45, 7) is 0. The van der Waals surface area contributed by atoms with Crippen molar-refractivity contribution in [3.05, 3.63) is 46.9 Å². The summed E-state index contributed by atoms with van der Waals surface area (Å²) < 4.78 is 46.4. The quantitative estimate of drug-likeness (QED) is 0.452. The first kappa shape index (κ1) is 22.9. The van der Waals surface area contributed by atoms with Crippen LogP contribution in [0.2, 0.25) is 0 Å². The highest BCUT2D eigenvalue weighted by atomic mass is 32.2. The fraction of sp³-hybridized carbons (Fsp3) is 0.250. The molecule has 10 heteroatoms. The molecule has 0 aliphatic carbocycles. The normalized spacial score (nSPS) is 11.2. The Morgan fingerprint density at radius 2 is 1.53 bits per heavy atom. The van der Waals surface area contributed by atoms with Crippen LogP contribution in [0.4, 0.5) is 5.69 Å². The summed E-state index contributed by atoms with van der Waals surface area (Å²) in [5.41, 5.74) is 12.2. The van der Waals surface area contributed by atoms with Crippen LogP contribution in [0.3, 0.4) is 0 Å². The molecule has 0 fully saturated rings. The van der Waals surface area contributed by atoms with Gasteiger partial charge in [-0.1, -0.05) is 6.07 Å². The molecule has 0 amide bonds. The summed E-state index contributed by atoms with van der Waals surface area (Å²) in [6, 6.07) is 8.06. The smallest absolute Gasteiger partial charge is 0.191 e. The Morgan fingerprint density at radius 1 is 0.933 bits per heavy atom. The van der Waals surface area contributed by atoms with Gasteiger partial charge in [0.25, 0.3) is 0 Å². The molecule has 0 aromatic heterocycles. The van der Waals surface area contributed by atoms with Crippen LogP contribution in [0.25, 0.3) is 6.08 Å². The number of nitrogens with two attached hydrogens (primary N) is 2. The first-order chi connectivity index (χ1) is 14.2. The molecule has 0 bridgehead atoms. The number of nitrogens with zero attached hydrogens (tertiary/aromatic N) is 1. The average molecular weight is 436 g/mol. The van der Waals surface area contributed by atoms with Crippen molar-refractivity contribution in [3.8, 4) is 23.0 Å². The molecule has 0 aliphatic heterocycles. The van der Waals surface area contributed by atoms with Crippen molar-refractivity contribution in [1.82, 2.24) is 0 Å². The van der Waals surface area contributed by atoms with Gasteiger partial charge < -0.3 is 30.4 Å². The lowest BCUT2D eigenvalue weighted by Gasteiger charge is -2.12. The number of rotatable bonds is 9. The molecular weight excluding hydrogens is 410 g/mol. The minimum absolute atomic E-state index is 0.160. The van der Waals surface area contributed by atoms with Gasteiger partial charge in [0.15, 0.2) is 15.8 Å². The molecular formula is C20H25N3O6S. The van der Waals surface area contributed by atoms with Gasteiger partial charge in [-0.25, -0.2) is 13.4 Å². The summed E-state index contributed by atoms with van der Waals surface area (Å²) in [5, 5.41) is 1.10. The van der Waals surface area contributed by atoms with Crippen molar-refractivity contribution >= 4 is 27.6 Å². The highest BCUT2D eigenvalue weighted by Gasteiger charge is 2.14. The van der Waals surface area contributed by atoms with Crippen molar-refractivity contribution in [2.45, 2.75) is 5.75 Å². The van der Waals surface area contributed by atoms with Gasteiger partial charge in [-0.3, -0.25) is 0 Å². The second-order valence-electron chi connectivity index (χ2n) is 6.10. The van der Waals surface area contributed by atoms with E-state index < -0.39 is 9.84 Å². The lowest BCUT2D eigenvalue weighted by molar-refractivity contribution is 0.374. The largest absolute Gasteiger partial charge is 0.496 e. The highest BCUT2D eigenvalue weighted by molar-refractivity contribution is 7.93. The maximum atomic E-state index is 12.7. The van der Waals surface area contributed by atoms with E-state index in [-0.39, 0.29) is 11.7 Å². The fourth-order valence-electron chi connectivity index (χ4n) is 2.70. The van der Waals surface area contributed by atoms with Crippen LogP contribution in [0.5, 0.6) is 23.0 Å². The standard InChI is InChI=1S/C20H25N3O6S/c1-26-14-10-18(28-3)15(19(11-14)29-4)7-8-30(24,25)12-13-5-6-17(27-2)16(9-13)23-20(21)22/h5-11H,12H2,1-4H3,(H4,21,22,23). The number of hydrogen-bond donors (Lipinski definition) is 2. The van der Waals surface area contributed by atoms with Crippen molar-refractivity contribution in [2.24, 2.45) is 16.5 Å². The molecule has 0 unspecified atom stereocenters. The first-order valence-corrected chi connectivity index (χ1v) is 10.4. The maximum absolute atomic E-state index is 12.7. The van der Waals surface area contributed by atoms with Gasteiger partial charge >= 0.3 is 0 Å². The van der Waals surface area contributed by atoms with E-state index in [0.29, 0.717) is 39.8 Å². The highest BCUT2D eigenvalue weighted by Crippen LogP contribution is 2.35. The van der Waals surface area contributed by atoms with Crippen LogP contribution in [-0.2, 0) is 15.6 Å². The van der Waals surface area contributed by atoms with Gasteiger partial charge in [0, 0.05) is 17.5 Å². The van der Waals surface area contributed by atoms with Crippen LogP contribution in [0.15, 0.2) is 40.7 Å². The zero-order valence-corrected chi connectivity index (χ0v) is 18.0. The van der Waals surface area contributed by atoms with Crippen LogP contribution < -0.4 is 30.4 Å². The van der Waals surface area contributed by atoms with E-state index >= 15 is 0 Å². The second-order valence-corrected chi connectivity index (χ2v) is 7.98. The Bertz CT molecular complexity index is 1040. The zero-order chi connectivity index (χ0) is 22.3. The molecule has 0 heterocycles. The maximum Gasteiger partial charge on any atom is 0.191 e. The zero-order valence-electron chi connectivity index (χ0n) is 17.2. The van der Waals surface area contributed by atoms with Crippen molar-refractivity contribution in [3.63, 3.8) is 0 Å². The van der Waals surface area contributed by atoms with E-state index in [0.717, 1.165) is 5.41 Å². The molecule has 2 rings (SSSR count). The lowest BCUT2D eigenvalue weighted by atomic mass is 10.1. The minimum Gasteiger partial charge on any atom is -0.496 e. The average Bonchev–Trinajstić information content (AvgIpc) is 2.71. The Labute approximate surface area is 175 Å². The van der Waals surface area contributed by atoms with Gasteiger partial charge in [-0.05, 0) is 23.8 Å². The van der Waals surface area contributed by atoms with Crippen LogP contribution >= 0.6 is 0 Å². The van der Waals surface area contributed by atoms with E-state index in [4.69, 9.17) is 30.4 Å². The molecule has 0 aliphatic rings. The predicted molar refractivity (Wildman–Crippen MR) is 116 cm³/mol. The van der Waals surface area contributed by atoms with E-state index in [1.165, 1.54) is 34.5 Å². The Morgan fingerprint density at radius 3 is 2.03 bits per heavy atom. The van der Waals surface area contributed by atoms with Crippen LogP contribution in [-0.4, -0.2) is 42.8 Å². The molecule has 0 spiro atoms. The third kappa shape index (κ3) is 5.80. The van der Waals surface area contributed by atoms with Gasteiger partial charge in [0.1, 0.15) is 28.7 Å². The number of hydrogen-bond acceptors (Lipinski definition) is 7. The number of methoxy groups -OCH3 is 4. The molecule has 2 aromatic rings. The molecule has 0 atom stereocenters. The Kier molecular flexibility index (Phi) is 7.54. The van der Waals surface area contributed by atoms with Crippen molar-refractivity contribution < 1.29 is 27.4 Å². The van der Waals surface area contributed by atoms with Crippen LogP contribution in [0, 0.1) is 0 Å². The van der Waals surface area contributed by atoms with E-state index in [1.54, 1.807) is 30.3 Å². The SMILES string of the molecule is COc1cc(OC)c(C=CS(=O)(=O)Cc2ccc(OC)c(N=C(N)N)c2)c(OC)c1. The van der Waals surface area contributed by atoms with Gasteiger partial charge in [0.2, 0.25) is 0 Å². The first-order valence-electron chi connectivity index (χ1n) is 8.70. The summed E-state index contributed by atoms with van der Waals surface area (Å²) in [6.07, 6.45) is 1.42. The number of ether oxygens (including phenoxy) is 4. The minimum atomic E-state index is -3.64. The van der Waals surface area contributed by atoms with E-state index in [9.17, 15) is 8.42 Å². The number of guanidine groups is 1. The molecule has 162 valence electrons. The molecule has 2 aromatic carbocycles. The topological polar surface area (TPSA) is 135 Å². The predicted octanol–water partition coefficient (Wildman–Crippen LogP) is 2.21. The summed E-state index contributed by atoms with van der Waals surface area (Å²) in [7, 11) is 2.29. The molecule has 0 saturated heterocycles. The molecule has 0 radical (unpaired) electrons.